The highest BCUT2D eigenvalue weighted by molar-refractivity contribution is 5.98. The quantitative estimate of drug-likeness (QED) is 0.524. The SMILES string of the molecule is COc1ccc2c(CCC(C)(N)CCN3CCc4c(ccc(OC)c4OC)C3=O)coc2c1. The first-order valence-corrected chi connectivity index (χ1v) is 11.2. The predicted molar refractivity (Wildman–Crippen MR) is 127 cm³/mol. The Morgan fingerprint density at radius 2 is 1.91 bits per heavy atom. The Kier molecular flexibility index (Phi) is 6.51. The highest BCUT2D eigenvalue weighted by atomic mass is 16.5. The van der Waals surface area contributed by atoms with Gasteiger partial charge in [-0.3, -0.25) is 4.79 Å². The van der Waals surface area contributed by atoms with E-state index in [0.717, 1.165) is 47.1 Å². The van der Waals surface area contributed by atoms with Crippen molar-refractivity contribution in [1.29, 1.82) is 0 Å². The fourth-order valence-electron chi connectivity index (χ4n) is 4.49. The van der Waals surface area contributed by atoms with Crippen molar-refractivity contribution in [2.24, 2.45) is 5.73 Å². The minimum atomic E-state index is -0.409. The largest absolute Gasteiger partial charge is 0.497 e. The minimum absolute atomic E-state index is 0.0165. The van der Waals surface area contributed by atoms with Crippen molar-refractivity contribution in [1.82, 2.24) is 4.90 Å². The van der Waals surface area contributed by atoms with Crippen LogP contribution in [-0.4, -0.2) is 50.8 Å². The number of carbonyl (C=O) groups is 1. The monoisotopic (exact) mass is 452 g/mol. The van der Waals surface area contributed by atoms with Crippen LogP contribution in [0.4, 0.5) is 0 Å². The fourth-order valence-corrected chi connectivity index (χ4v) is 4.49. The van der Waals surface area contributed by atoms with Gasteiger partial charge in [0.25, 0.3) is 5.91 Å². The second kappa shape index (κ2) is 9.35. The van der Waals surface area contributed by atoms with Crippen molar-refractivity contribution in [3.63, 3.8) is 0 Å². The van der Waals surface area contributed by atoms with E-state index in [0.29, 0.717) is 36.6 Å². The van der Waals surface area contributed by atoms with Crippen molar-refractivity contribution in [3.8, 4) is 17.2 Å². The molecule has 0 radical (unpaired) electrons. The summed E-state index contributed by atoms with van der Waals surface area (Å²) in [6, 6.07) is 9.47. The van der Waals surface area contributed by atoms with Crippen LogP contribution in [0.25, 0.3) is 11.0 Å². The van der Waals surface area contributed by atoms with Crippen LogP contribution in [0.15, 0.2) is 41.0 Å². The molecule has 2 N–H and O–H groups in total. The summed E-state index contributed by atoms with van der Waals surface area (Å²) >= 11 is 0. The number of aryl methyl sites for hydroxylation is 1. The second-order valence-electron chi connectivity index (χ2n) is 8.90. The van der Waals surface area contributed by atoms with Crippen molar-refractivity contribution in [2.75, 3.05) is 34.4 Å². The Morgan fingerprint density at radius 1 is 1.09 bits per heavy atom. The Morgan fingerprint density at radius 3 is 2.64 bits per heavy atom. The maximum atomic E-state index is 13.1. The first-order valence-electron chi connectivity index (χ1n) is 11.2. The van der Waals surface area contributed by atoms with Crippen LogP contribution in [0, 0.1) is 0 Å². The van der Waals surface area contributed by atoms with Crippen LogP contribution in [-0.2, 0) is 12.8 Å². The van der Waals surface area contributed by atoms with E-state index in [1.807, 2.05) is 29.2 Å². The molecule has 176 valence electrons. The number of carbonyl (C=O) groups excluding carboxylic acids is 1. The summed E-state index contributed by atoms with van der Waals surface area (Å²) in [6.07, 6.45) is 4.84. The Bertz CT molecular complexity index is 1150. The lowest BCUT2D eigenvalue weighted by molar-refractivity contribution is 0.0725. The van der Waals surface area contributed by atoms with Crippen LogP contribution in [0.1, 0.15) is 41.3 Å². The zero-order chi connectivity index (χ0) is 23.6. The van der Waals surface area contributed by atoms with Gasteiger partial charge >= 0.3 is 0 Å². The van der Waals surface area contributed by atoms with Gasteiger partial charge in [0.05, 0.1) is 27.6 Å². The van der Waals surface area contributed by atoms with Crippen LogP contribution < -0.4 is 19.9 Å². The normalized spacial score (nSPS) is 15.3. The van der Waals surface area contributed by atoms with E-state index in [2.05, 4.69) is 6.92 Å². The lowest BCUT2D eigenvalue weighted by Gasteiger charge is -2.33. The van der Waals surface area contributed by atoms with Gasteiger partial charge in [-0.05, 0) is 62.4 Å². The minimum Gasteiger partial charge on any atom is -0.497 e. The maximum Gasteiger partial charge on any atom is 0.254 e. The van der Waals surface area contributed by atoms with Gasteiger partial charge < -0.3 is 29.3 Å². The zero-order valence-corrected chi connectivity index (χ0v) is 19.8. The van der Waals surface area contributed by atoms with Crippen molar-refractivity contribution < 1.29 is 23.4 Å². The Labute approximate surface area is 194 Å². The summed E-state index contributed by atoms with van der Waals surface area (Å²) in [7, 11) is 4.85. The van der Waals surface area contributed by atoms with Crippen LogP contribution in [0.5, 0.6) is 17.2 Å². The number of nitrogens with zero attached hydrogens (tertiary/aromatic N) is 1. The molecule has 1 aliphatic heterocycles. The number of furan rings is 1. The fraction of sp³-hybridized carbons (Fsp3) is 0.423. The lowest BCUT2D eigenvalue weighted by atomic mass is 9.90. The number of ether oxygens (including phenoxy) is 3. The van der Waals surface area contributed by atoms with Gasteiger partial charge in [-0.25, -0.2) is 0 Å². The molecule has 2 aromatic carbocycles. The Balaban J connectivity index is 1.38. The molecule has 0 fully saturated rings. The second-order valence-corrected chi connectivity index (χ2v) is 8.90. The van der Waals surface area contributed by atoms with Gasteiger partial charge in [0.2, 0.25) is 0 Å². The van der Waals surface area contributed by atoms with Gasteiger partial charge in [0, 0.05) is 41.2 Å². The summed E-state index contributed by atoms with van der Waals surface area (Å²) in [5.74, 6) is 2.09. The third-order valence-corrected chi connectivity index (χ3v) is 6.58. The topological polar surface area (TPSA) is 87.2 Å². The number of rotatable bonds is 9. The Hall–Kier alpha value is -3.19. The molecule has 1 amide bonds. The van der Waals surface area contributed by atoms with E-state index in [4.69, 9.17) is 24.4 Å². The molecule has 1 unspecified atom stereocenters. The average molecular weight is 453 g/mol. The van der Waals surface area contributed by atoms with Gasteiger partial charge in [0.1, 0.15) is 11.3 Å². The lowest BCUT2D eigenvalue weighted by Crippen LogP contribution is -2.44. The van der Waals surface area contributed by atoms with E-state index in [1.165, 1.54) is 0 Å². The van der Waals surface area contributed by atoms with Gasteiger partial charge in [-0.1, -0.05) is 0 Å². The number of methoxy groups -OCH3 is 3. The molecule has 0 aliphatic carbocycles. The number of nitrogens with two attached hydrogens (primary N) is 1. The molecule has 7 heteroatoms. The van der Waals surface area contributed by atoms with Crippen LogP contribution in [0.2, 0.25) is 0 Å². The van der Waals surface area contributed by atoms with Crippen molar-refractivity contribution in [2.45, 2.75) is 38.1 Å². The van der Waals surface area contributed by atoms with E-state index in [-0.39, 0.29) is 5.91 Å². The predicted octanol–water partition coefficient (Wildman–Crippen LogP) is 4.20. The highest BCUT2D eigenvalue weighted by Crippen LogP contribution is 2.36. The third-order valence-electron chi connectivity index (χ3n) is 6.58. The highest BCUT2D eigenvalue weighted by Gasteiger charge is 2.30. The summed E-state index contributed by atoms with van der Waals surface area (Å²) in [4.78, 5) is 15.0. The van der Waals surface area contributed by atoms with E-state index in [9.17, 15) is 4.79 Å². The first kappa shape index (κ1) is 23.0. The molecular formula is C26H32N2O5. The molecule has 0 saturated heterocycles. The van der Waals surface area contributed by atoms with Crippen molar-refractivity contribution in [3.05, 3.63) is 53.3 Å². The van der Waals surface area contributed by atoms with Gasteiger partial charge in [0.15, 0.2) is 11.5 Å². The molecule has 1 atom stereocenters. The van der Waals surface area contributed by atoms with E-state index in [1.54, 1.807) is 33.7 Å². The molecule has 33 heavy (non-hydrogen) atoms. The summed E-state index contributed by atoms with van der Waals surface area (Å²) in [5, 5.41) is 1.08. The molecular weight excluding hydrogens is 420 g/mol. The van der Waals surface area contributed by atoms with Crippen LogP contribution >= 0.6 is 0 Å². The summed E-state index contributed by atoms with van der Waals surface area (Å²) in [6.45, 7) is 3.30. The van der Waals surface area contributed by atoms with Gasteiger partial charge in [-0.2, -0.15) is 0 Å². The number of hydrogen-bond donors (Lipinski definition) is 1. The molecule has 2 heterocycles. The smallest absolute Gasteiger partial charge is 0.254 e. The molecule has 0 saturated carbocycles. The number of hydrogen-bond acceptors (Lipinski definition) is 6. The summed E-state index contributed by atoms with van der Waals surface area (Å²) in [5.41, 5.74) is 9.77. The van der Waals surface area contributed by atoms with E-state index >= 15 is 0 Å². The summed E-state index contributed by atoms with van der Waals surface area (Å²) < 4.78 is 21.9. The number of benzene rings is 2. The molecule has 1 aromatic heterocycles. The molecule has 0 bridgehead atoms. The zero-order valence-electron chi connectivity index (χ0n) is 19.8. The number of fused-ring (bicyclic) bond motifs is 2. The number of amides is 1. The van der Waals surface area contributed by atoms with Gasteiger partial charge in [-0.15, -0.1) is 0 Å². The molecule has 3 aromatic rings. The maximum absolute atomic E-state index is 13.1. The van der Waals surface area contributed by atoms with E-state index < -0.39 is 5.54 Å². The molecule has 7 nitrogen and oxygen atoms in total. The average Bonchev–Trinajstić information content (AvgIpc) is 3.23. The van der Waals surface area contributed by atoms with Crippen LogP contribution in [0.3, 0.4) is 0 Å². The molecule has 0 spiro atoms. The molecule has 4 rings (SSSR count). The third kappa shape index (κ3) is 4.64. The molecule has 1 aliphatic rings. The van der Waals surface area contributed by atoms with Crippen molar-refractivity contribution >= 4 is 16.9 Å². The standard InChI is InChI=1S/C26H32N2O5/c1-26(27,11-9-17-16-33-23-15-18(30-2)5-6-19(17)23)12-14-28-13-10-20-21(25(28)29)7-8-22(31-3)24(20)32-4/h5-8,15-16H,9-14,27H2,1-4H3. The first-order chi connectivity index (χ1) is 15.9.